The van der Waals surface area contributed by atoms with Crippen LogP contribution < -0.4 is 24.2 Å². The zero-order valence-corrected chi connectivity index (χ0v) is 50.6. The highest BCUT2D eigenvalue weighted by Crippen LogP contribution is 2.40. The molecule has 0 saturated heterocycles. The fraction of sp³-hybridized carbons (Fsp3) is 0.224. The molecule has 0 spiro atoms. The van der Waals surface area contributed by atoms with Crippen LogP contribution >= 0.6 is 69.9 Å². The number of benzene rings is 6. The first kappa shape index (κ1) is 57.6. The Morgan fingerprint density at radius 1 is 0.500 bits per heavy atom. The molecule has 1 N–H and O–H groups in total. The minimum Gasteiger partial charge on any atom is -0.508 e. The van der Waals surface area contributed by atoms with Crippen molar-refractivity contribution < 1.29 is 29.0 Å². The second-order valence-electron chi connectivity index (χ2n) is 18.1. The molecule has 0 bridgehead atoms. The lowest BCUT2D eigenvalue weighted by Gasteiger charge is -2.30. The van der Waals surface area contributed by atoms with Gasteiger partial charge in [0.05, 0.1) is 50.4 Å². The minimum absolute atomic E-state index is 0.100. The first-order chi connectivity index (χ1) is 37.6. The van der Waals surface area contributed by atoms with Gasteiger partial charge in [-0.3, -0.25) is 14.4 Å². The number of carbonyl (C=O) groups excluding carboxylic acids is 3. The molecule has 3 aliphatic rings. The van der Waals surface area contributed by atoms with E-state index < -0.39 is 0 Å². The van der Waals surface area contributed by atoms with Gasteiger partial charge in [0.25, 0.3) is 0 Å². The van der Waals surface area contributed by atoms with Crippen molar-refractivity contribution in [1.82, 2.24) is 29.9 Å². The van der Waals surface area contributed by atoms with Crippen LogP contribution in [0.25, 0.3) is 32.7 Å². The lowest BCUT2D eigenvalue weighted by Crippen LogP contribution is -2.32. The number of rotatable bonds is 5. The summed E-state index contributed by atoms with van der Waals surface area (Å²) in [6.45, 7) is 8.62. The SMILES string of the molecule is BrB(Br)Br.COc1ccc2c(c1)CC(=O)CN2c1nc(C)nc2ccccc12.C[11CH2]I.Cc1nc(N2CC(=O)Cc3cc(O)ccc32)c2ccccc2n1.Cc1nc(N2CC(=O)Cc3cc(O[11CH3])ccc32)c2ccccc2n1. The van der Waals surface area contributed by atoms with E-state index in [-0.39, 0.29) is 32.8 Å². The summed E-state index contributed by atoms with van der Waals surface area (Å²) in [5, 5.41) is 12.5. The molecule has 78 heavy (non-hydrogen) atoms. The number of hydrogen-bond donors (Lipinski definition) is 1. The number of fused-ring (bicyclic) bond motifs is 6. The van der Waals surface area contributed by atoms with Gasteiger partial charge in [0.2, 0.25) is 0 Å². The van der Waals surface area contributed by atoms with Crippen molar-refractivity contribution in [2.45, 2.75) is 47.0 Å². The second kappa shape index (κ2) is 26.4. The number of carbonyl (C=O) groups is 3. The number of ketones is 3. The summed E-state index contributed by atoms with van der Waals surface area (Å²) >= 11 is 11.6. The van der Waals surface area contributed by atoms with Crippen LogP contribution in [-0.2, 0) is 33.6 Å². The first-order valence-corrected chi connectivity index (χ1v) is 29.1. The summed E-state index contributed by atoms with van der Waals surface area (Å²) < 4.78 is 12.1. The lowest BCUT2D eigenvalue weighted by molar-refractivity contribution is -0.118. The molecule has 15 nitrogen and oxygen atoms in total. The summed E-state index contributed by atoms with van der Waals surface area (Å²) in [4.78, 5) is 70.0. The van der Waals surface area contributed by atoms with Crippen LogP contribution in [0.2, 0.25) is 0 Å². The molecule has 0 amide bonds. The number of halogens is 4. The number of alkyl halides is 1. The zero-order chi connectivity index (χ0) is 55.6. The predicted molar refractivity (Wildman–Crippen MR) is 331 cm³/mol. The van der Waals surface area contributed by atoms with E-state index in [4.69, 9.17) is 9.47 Å². The molecule has 3 aliphatic heterocycles. The maximum atomic E-state index is 12.3. The standard InChI is InChI=1S/2C19H17N3O2.C18H15N3O2.C2H5I.BBr3/c2*1-12-20-17-6-4-3-5-16(17)19(21-12)22-11-14(23)9-13-10-15(24-2)7-8-18(13)22;1-11-19-16-5-3-2-4-15(16)18(20-11)21-10-14(23)9-12-8-13(22)6-7-17(12)21;1-2-3;2-1(3)4/h2*3-8,10H,9,11H2,1-2H3;2-8,22H,9-10H2,1H3;2H2,1H3;/i2-1;;;2-1;. The molecular formula is C58H54BBr3IN9O6. The minimum atomic E-state index is 0.100. The number of aryl methyl sites for hydroxylation is 3. The Morgan fingerprint density at radius 3 is 1.12 bits per heavy atom. The summed E-state index contributed by atoms with van der Waals surface area (Å²) in [6, 6.07) is 40.3. The number of phenols is 1. The molecule has 0 atom stereocenters. The number of ether oxygens (including phenoxy) is 2. The van der Waals surface area contributed by atoms with Crippen LogP contribution in [-0.4, -0.2) is 93.8 Å². The summed E-state index contributed by atoms with van der Waals surface area (Å²) in [5.41, 5.74) is 8.27. The molecule has 9 aromatic rings. The Balaban J connectivity index is 0.000000145. The molecule has 3 aromatic heterocycles. The maximum absolute atomic E-state index is 12.3. The summed E-state index contributed by atoms with van der Waals surface area (Å²) in [7, 11) is 3.26. The summed E-state index contributed by atoms with van der Waals surface area (Å²) in [5.74, 6) is 6.44. The summed E-state index contributed by atoms with van der Waals surface area (Å²) in [6.07, 6.45) is 1.18. The highest BCUT2D eigenvalue weighted by Gasteiger charge is 2.29. The van der Waals surface area contributed by atoms with Gasteiger partial charge in [-0.25, -0.2) is 29.9 Å². The molecule has 0 fully saturated rings. The second-order valence-corrected chi connectivity index (χ2v) is 26.0. The average molecular weight is 1350 g/mol. The van der Waals surface area contributed by atoms with Gasteiger partial charge in [-0.15, -0.1) is 47.3 Å². The normalized spacial score (nSPS) is 13.3. The van der Waals surface area contributed by atoms with Crippen LogP contribution in [0.5, 0.6) is 17.2 Å². The van der Waals surface area contributed by atoms with Gasteiger partial charge < -0.3 is 29.3 Å². The smallest absolute Gasteiger partial charge is 0.369 e. The highest BCUT2D eigenvalue weighted by atomic mass is 127. The van der Waals surface area contributed by atoms with Crippen molar-refractivity contribution in [2.75, 3.05) is 53.0 Å². The van der Waals surface area contributed by atoms with Crippen LogP contribution in [0.15, 0.2) is 127 Å². The van der Waals surface area contributed by atoms with Gasteiger partial charge in [-0.05, 0) is 133 Å². The van der Waals surface area contributed by atoms with Gasteiger partial charge in [0.15, 0.2) is 17.3 Å². The van der Waals surface area contributed by atoms with E-state index in [9.17, 15) is 19.5 Å². The van der Waals surface area contributed by atoms with Crippen molar-refractivity contribution in [2.24, 2.45) is 0 Å². The topological polar surface area (TPSA) is 177 Å². The van der Waals surface area contributed by atoms with Gasteiger partial charge in [0, 0.05) is 52.5 Å². The third-order valence-electron chi connectivity index (χ3n) is 12.5. The Morgan fingerprint density at radius 2 is 0.795 bits per heavy atom. The number of aromatic nitrogens is 6. The molecule has 0 aliphatic carbocycles. The van der Waals surface area contributed by atoms with Crippen LogP contribution in [0, 0.1) is 20.8 Å². The predicted octanol–water partition coefficient (Wildman–Crippen LogP) is 12.9. The zero-order valence-electron chi connectivity index (χ0n) is 43.7. The first-order valence-electron chi connectivity index (χ1n) is 24.8. The molecule has 0 saturated carbocycles. The van der Waals surface area contributed by atoms with Crippen molar-refractivity contribution in [1.29, 1.82) is 0 Å². The largest absolute Gasteiger partial charge is 0.508 e. The van der Waals surface area contributed by atoms with Gasteiger partial charge in [-0.2, -0.15) is 0 Å². The van der Waals surface area contributed by atoms with Crippen molar-refractivity contribution in [3.63, 3.8) is 0 Å². The molecule has 12 rings (SSSR count). The van der Waals surface area contributed by atoms with Crippen molar-refractivity contribution in [3.05, 3.63) is 162 Å². The maximum Gasteiger partial charge on any atom is 0.369 e. The number of aromatic hydroxyl groups is 1. The Kier molecular flexibility index (Phi) is 19.4. The highest BCUT2D eigenvalue weighted by molar-refractivity contribution is 14.1. The van der Waals surface area contributed by atoms with Crippen LogP contribution in [0.4, 0.5) is 34.5 Å². The van der Waals surface area contributed by atoms with E-state index in [0.29, 0.717) is 49.8 Å². The van der Waals surface area contributed by atoms with Crippen molar-refractivity contribution in [3.8, 4) is 17.2 Å². The van der Waals surface area contributed by atoms with E-state index in [2.05, 4.69) is 107 Å². The number of methoxy groups -OCH3 is 2. The lowest BCUT2D eigenvalue weighted by atomic mass is 10.00. The van der Waals surface area contributed by atoms with Crippen LogP contribution in [0.3, 0.4) is 0 Å². The number of para-hydroxylation sites is 3. The third kappa shape index (κ3) is 13.8. The number of hydrogen-bond acceptors (Lipinski definition) is 15. The monoisotopic (exact) mass is 1350 g/mol. The van der Waals surface area contributed by atoms with Gasteiger partial charge in [-0.1, -0.05) is 65.9 Å². The van der Waals surface area contributed by atoms with Gasteiger partial charge in [0.1, 0.15) is 52.2 Å². The Bertz CT molecular complexity index is 3530. The fourth-order valence-electron chi connectivity index (χ4n) is 9.46. The Labute approximate surface area is 491 Å². The molecule has 6 heterocycles. The average Bonchev–Trinajstić information content (AvgIpc) is 3.56. The molecule has 20 heteroatoms. The van der Waals surface area contributed by atoms with Crippen molar-refractivity contribution >= 4 is 158 Å². The van der Waals surface area contributed by atoms with Crippen LogP contribution in [0.1, 0.15) is 41.1 Å². The van der Waals surface area contributed by atoms with E-state index in [1.54, 1.807) is 26.4 Å². The van der Waals surface area contributed by atoms with E-state index in [1.165, 1.54) is 4.43 Å². The van der Waals surface area contributed by atoms with E-state index >= 15 is 0 Å². The van der Waals surface area contributed by atoms with Gasteiger partial charge >= 0.3 is 3.18 Å². The number of nitrogens with zero attached hydrogens (tertiary/aromatic N) is 9. The number of anilines is 6. The molecule has 6 aromatic carbocycles. The third-order valence-corrected chi connectivity index (χ3v) is 12.5. The molecule has 0 radical (unpaired) electrons. The van der Waals surface area contributed by atoms with E-state index in [0.717, 1.165) is 95.4 Å². The molecular weight excluding hydrogens is 1290 g/mol. The Hall–Kier alpha value is -6.62. The van der Waals surface area contributed by atoms with E-state index in [1.807, 2.05) is 151 Å². The molecule has 398 valence electrons. The fourth-order valence-corrected chi connectivity index (χ4v) is 9.46. The quantitative estimate of drug-likeness (QED) is 0.0977. The number of Topliss-reactive ketones (excluding diaryl/α,β-unsaturated/α-hetero) is 3. The molecule has 0 unspecified atom stereocenters. The number of phenolic OH excluding ortho intramolecular Hbond substituents is 1.